The van der Waals surface area contributed by atoms with Gasteiger partial charge >= 0.3 is 0 Å². The third-order valence-corrected chi connectivity index (χ3v) is 3.77. The molecule has 0 aliphatic heterocycles. The Morgan fingerprint density at radius 2 is 2.20 bits per heavy atom. The fraction of sp³-hybridized carbons (Fsp3) is 0.556. The van der Waals surface area contributed by atoms with Crippen LogP contribution in [0.4, 0.5) is 0 Å². The average molecular weight is 251 g/mol. The molecular weight excluding hydrogens is 236 g/mol. The summed E-state index contributed by atoms with van der Waals surface area (Å²) in [7, 11) is -1.59. The van der Waals surface area contributed by atoms with Crippen LogP contribution < -0.4 is 4.72 Å². The molecule has 6 heteroatoms. The third kappa shape index (κ3) is 2.96. The van der Waals surface area contributed by atoms with Crippen LogP contribution in [0.5, 0.6) is 0 Å². The van der Waals surface area contributed by atoms with Gasteiger partial charge in [-0.1, -0.05) is 6.92 Å². The molecule has 0 saturated carbocycles. The lowest BCUT2D eigenvalue weighted by Gasteiger charge is -2.01. The van der Waals surface area contributed by atoms with Crippen LogP contribution in [0, 0.1) is 0 Å². The Morgan fingerprint density at radius 3 is 2.67 bits per heavy atom. The van der Waals surface area contributed by atoms with E-state index in [1.165, 1.54) is 0 Å². The number of aromatic nitrogens is 1. The minimum atomic E-state index is -3.36. The molecule has 4 nitrogen and oxygen atoms in total. The molecule has 0 fully saturated rings. The van der Waals surface area contributed by atoms with E-state index in [4.69, 9.17) is 11.6 Å². The molecule has 0 aliphatic carbocycles. The summed E-state index contributed by atoms with van der Waals surface area (Å²) in [6.45, 7) is 2.37. The Labute approximate surface area is 95.3 Å². The fourth-order valence-corrected chi connectivity index (χ4v) is 2.67. The van der Waals surface area contributed by atoms with Crippen LogP contribution in [0.25, 0.3) is 0 Å². The second-order valence-electron chi connectivity index (χ2n) is 3.31. The number of halogens is 1. The summed E-state index contributed by atoms with van der Waals surface area (Å²) in [6.07, 6.45) is 2.34. The van der Waals surface area contributed by atoms with Crippen molar-refractivity contribution in [2.24, 2.45) is 7.05 Å². The molecule has 0 radical (unpaired) electrons. The van der Waals surface area contributed by atoms with Gasteiger partial charge in [0.15, 0.2) is 0 Å². The molecule has 1 N–H and O–H groups in total. The first kappa shape index (κ1) is 12.5. The second kappa shape index (κ2) is 5.01. The SMILES string of the molecule is CCCNS(=O)(=O)c1cc(CCl)n(C)c1. The van der Waals surface area contributed by atoms with Crippen molar-refractivity contribution in [1.29, 1.82) is 0 Å². The van der Waals surface area contributed by atoms with Crippen molar-refractivity contribution in [3.05, 3.63) is 18.0 Å². The maximum Gasteiger partial charge on any atom is 0.242 e. The quantitative estimate of drug-likeness (QED) is 0.805. The first-order valence-electron chi connectivity index (χ1n) is 4.72. The number of rotatable bonds is 5. The van der Waals surface area contributed by atoms with Crippen molar-refractivity contribution < 1.29 is 8.42 Å². The number of alkyl halides is 1. The average Bonchev–Trinajstić information content (AvgIpc) is 2.57. The van der Waals surface area contributed by atoms with Crippen LogP contribution >= 0.6 is 11.6 Å². The van der Waals surface area contributed by atoms with Crippen LogP contribution in [0.2, 0.25) is 0 Å². The molecule has 0 saturated heterocycles. The summed E-state index contributed by atoms with van der Waals surface area (Å²) < 4.78 is 27.6. The summed E-state index contributed by atoms with van der Waals surface area (Å²) in [4.78, 5) is 0.272. The molecule has 0 unspecified atom stereocenters. The van der Waals surface area contributed by atoms with Gasteiger partial charge in [-0.25, -0.2) is 13.1 Å². The lowest BCUT2D eigenvalue weighted by atomic mass is 10.5. The normalized spacial score (nSPS) is 11.9. The molecule has 15 heavy (non-hydrogen) atoms. The van der Waals surface area contributed by atoms with Crippen molar-refractivity contribution in [2.75, 3.05) is 6.54 Å². The Balaban J connectivity index is 2.95. The minimum Gasteiger partial charge on any atom is -0.352 e. The van der Waals surface area contributed by atoms with Gasteiger partial charge in [0.05, 0.1) is 10.8 Å². The van der Waals surface area contributed by atoms with Crippen molar-refractivity contribution in [1.82, 2.24) is 9.29 Å². The van der Waals surface area contributed by atoms with Gasteiger partial charge in [0, 0.05) is 25.5 Å². The van der Waals surface area contributed by atoms with Crippen molar-refractivity contribution >= 4 is 21.6 Å². The molecule has 86 valence electrons. The van der Waals surface area contributed by atoms with Gasteiger partial charge in [0.2, 0.25) is 10.0 Å². The van der Waals surface area contributed by atoms with Gasteiger partial charge in [0.25, 0.3) is 0 Å². The molecule has 1 aromatic rings. The highest BCUT2D eigenvalue weighted by molar-refractivity contribution is 7.89. The van der Waals surface area contributed by atoms with Crippen LogP contribution in [-0.2, 0) is 23.0 Å². The van der Waals surface area contributed by atoms with E-state index in [-0.39, 0.29) is 4.90 Å². The molecule has 1 rings (SSSR count). The van der Waals surface area contributed by atoms with Gasteiger partial charge in [-0.15, -0.1) is 11.6 Å². The number of nitrogens with one attached hydrogen (secondary N) is 1. The summed E-state index contributed by atoms with van der Waals surface area (Å²) in [5.41, 5.74) is 0.786. The topological polar surface area (TPSA) is 51.1 Å². The molecule has 0 spiro atoms. The van der Waals surface area contributed by atoms with Gasteiger partial charge in [-0.3, -0.25) is 0 Å². The lowest BCUT2D eigenvalue weighted by molar-refractivity contribution is 0.580. The van der Waals surface area contributed by atoms with Gasteiger partial charge in [-0.05, 0) is 12.5 Å². The zero-order chi connectivity index (χ0) is 11.5. The number of sulfonamides is 1. The Hall–Kier alpha value is -0.520. The first-order chi connectivity index (χ1) is 7.01. The van der Waals surface area contributed by atoms with E-state index >= 15 is 0 Å². The molecule has 0 aliphatic rings. The van der Waals surface area contributed by atoms with Gasteiger partial charge in [-0.2, -0.15) is 0 Å². The van der Waals surface area contributed by atoms with Crippen molar-refractivity contribution in [3.63, 3.8) is 0 Å². The third-order valence-electron chi connectivity index (χ3n) is 2.07. The zero-order valence-electron chi connectivity index (χ0n) is 8.83. The predicted molar refractivity (Wildman–Crippen MR) is 60.4 cm³/mol. The van der Waals surface area contributed by atoms with E-state index in [1.807, 2.05) is 6.92 Å². The van der Waals surface area contributed by atoms with E-state index in [0.29, 0.717) is 12.4 Å². The standard InChI is InChI=1S/C9H15ClN2O2S/c1-3-4-11-15(13,14)9-5-8(6-10)12(2)7-9/h5,7,11H,3-4,6H2,1-2H3. The molecule has 0 amide bonds. The smallest absolute Gasteiger partial charge is 0.242 e. The van der Waals surface area contributed by atoms with Crippen LogP contribution in [0.1, 0.15) is 19.0 Å². The number of hydrogen-bond acceptors (Lipinski definition) is 2. The van der Waals surface area contributed by atoms with Crippen LogP contribution in [0.15, 0.2) is 17.2 Å². The van der Waals surface area contributed by atoms with Crippen LogP contribution in [-0.4, -0.2) is 19.5 Å². The number of nitrogens with zero attached hydrogens (tertiary/aromatic N) is 1. The first-order valence-corrected chi connectivity index (χ1v) is 6.74. The number of aryl methyl sites for hydroxylation is 1. The van der Waals surface area contributed by atoms with E-state index in [9.17, 15) is 8.42 Å². The highest BCUT2D eigenvalue weighted by Gasteiger charge is 2.16. The minimum absolute atomic E-state index is 0.272. The van der Waals surface area contributed by atoms with E-state index in [1.54, 1.807) is 23.9 Å². The highest BCUT2D eigenvalue weighted by atomic mass is 35.5. The van der Waals surface area contributed by atoms with Gasteiger partial charge < -0.3 is 4.57 Å². The molecule has 0 atom stereocenters. The summed E-state index contributed by atoms with van der Waals surface area (Å²) in [6, 6.07) is 1.59. The monoisotopic (exact) mass is 250 g/mol. The fourth-order valence-electron chi connectivity index (χ4n) is 1.18. The van der Waals surface area contributed by atoms with E-state index in [2.05, 4.69) is 4.72 Å². The van der Waals surface area contributed by atoms with Gasteiger partial charge in [0.1, 0.15) is 0 Å². The maximum absolute atomic E-state index is 11.7. The lowest BCUT2D eigenvalue weighted by Crippen LogP contribution is -2.23. The molecule has 0 bridgehead atoms. The van der Waals surface area contributed by atoms with Crippen molar-refractivity contribution in [3.8, 4) is 0 Å². The maximum atomic E-state index is 11.7. The summed E-state index contributed by atoms with van der Waals surface area (Å²) in [5.74, 6) is 0.305. The van der Waals surface area contributed by atoms with Crippen molar-refractivity contribution in [2.45, 2.75) is 24.1 Å². The Morgan fingerprint density at radius 1 is 1.53 bits per heavy atom. The molecule has 0 aromatic carbocycles. The predicted octanol–water partition coefficient (Wildman–Crippen LogP) is 1.45. The van der Waals surface area contributed by atoms with Crippen LogP contribution in [0.3, 0.4) is 0 Å². The highest BCUT2D eigenvalue weighted by Crippen LogP contribution is 2.14. The Bertz CT molecular complexity index is 425. The van der Waals surface area contributed by atoms with E-state index < -0.39 is 10.0 Å². The zero-order valence-corrected chi connectivity index (χ0v) is 10.4. The molecule has 1 aromatic heterocycles. The second-order valence-corrected chi connectivity index (χ2v) is 5.34. The summed E-state index contributed by atoms with van der Waals surface area (Å²) >= 11 is 5.66. The largest absolute Gasteiger partial charge is 0.352 e. The molecule has 1 heterocycles. The van der Waals surface area contributed by atoms with E-state index in [0.717, 1.165) is 12.1 Å². The number of hydrogen-bond donors (Lipinski definition) is 1. The summed E-state index contributed by atoms with van der Waals surface area (Å²) in [5, 5.41) is 0. The Kier molecular flexibility index (Phi) is 4.19. The molecular formula is C9H15ClN2O2S.